The van der Waals surface area contributed by atoms with Crippen molar-refractivity contribution in [2.75, 3.05) is 28.2 Å². The molecule has 0 spiro atoms. The molecule has 0 N–H and O–H groups in total. The molecule has 2 aliphatic rings. The van der Waals surface area contributed by atoms with Crippen LogP contribution in [-0.2, 0) is 0 Å². The molecule has 0 radical (unpaired) electrons. The van der Waals surface area contributed by atoms with E-state index in [1.54, 1.807) is 5.57 Å². The zero-order valence-electron chi connectivity index (χ0n) is 10.4. The summed E-state index contributed by atoms with van der Waals surface area (Å²) in [5.74, 6) is 0.555. The van der Waals surface area contributed by atoms with E-state index in [0.29, 0.717) is 5.92 Å². The highest BCUT2D eigenvalue weighted by Crippen LogP contribution is 2.43. The van der Waals surface area contributed by atoms with Gasteiger partial charge in [-0.25, -0.2) is 3.11 Å². The van der Waals surface area contributed by atoms with Gasteiger partial charge in [0, 0.05) is 28.8 Å². The van der Waals surface area contributed by atoms with Crippen LogP contribution in [0.4, 0.5) is 0 Å². The molecule has 1 heterocycles. The van der Waals surface area contributed by atoms with Crippen LogP contribution in [0, 0.1) is 5.92 Å². The first-order valence-corrected chi connectivity index (χ1v) is 8.26. The van der Waals surface area contributed by atoms with Gasteiger partial charge in [0.1, 0.15) is 15.5 Å². The fraction of sp³-hybridized carbons (Fsp3) is 0.636. The molecule has 2 atom stereocenters. The van der Waals surface area contributed by atoms with Crippen molar-refractivity contribution in [1.29, 1.82) is 0 Å². The summed E-state index contributed by atoms with van der Waals surface area (Å²) in [6.07, 6.45) is 6.91. The van der Waals surface area contributed by atoms with E-state index in [1.807, 2.05) is 0 Å². The predicted octanol–water partition coefficient (Wildman–Crippen LogP) is 1.04. The molecule has 1 saturated heterocycles. The van der Waals surface area contributed by atoms with Gasteiger partial charge in [-0.2, -0.15) is 0 Å². The summed E-state index contributed by atoms with van der Waals surface area (Å²) in [5.41, 5.74) is 1.63. The number of halogens is 1. The highest BCUT2D eigenvalue weighted by atomic mass is 127. The van der Waals surface area contributed by atoms with Crippen LogP contribution in [0.15, 0.2) is 23.8 Å². The van der Waals surface area contributed by atoms with Gasteiger partial charge in [0.05, 0.1) is 0 Å². The van der Waals surface area contributed by atoms with Crippen molar-refractivity contribution in [2.45, 2.75) is 11.8 Å². The lowest BCUT2D eigenvalue weighted by atomic mass is 9.93. The molecule has 0 amide bonds. The van der Waals surface area contributed by atoms with Crippen molar-refractivity contribution in [3.63, 3.8) is 0 Å². The maximum atomic E-state index is 2.59. The Balaban J connectivity index is 2.46. The van der Waals surface area contributed by atoms with E-state index in [4.69, 9.17) is 0 Å². The third-order valence-electron chi connectivity index (χ3n) is 3.84. The van der Waals surface area contributed by atoms with Crippen LogP contribution in [0.25, 0.3) is 0 Å². The van der Waals surface area contributed by atoms with Crippen molar-refractivity contribution in [3.05, 3.63) is 23.8 Å². The fourth-order valence-electron chi connectivity index (χ4n) is 3.16. The fourth-order valence-corrected chi connectivity index (χ4v) is 6.63. The van der Waals surface area contributed by atoms with Crippen LogP contribution < -0.4 is 0 Å². The Morgan fingerprint density at radius 1 is 1.50 bits per heavy atom. The summed E-state index contributed by atoms with van der Waals surface area (Å²) in [5, 5.41) is 0. The minimum absolute atomic E-state index is 0.0316. The normalized spacial score (nSPS) is 36.2. The summed E-state index contributed by atoms with van der Waals surface area (Å²) in [6.45, 7) is 0. The second-order valence-corrected chi connectivity index (χ2v) is 8.18. The third kappa shape index (κ3) is 1.64. The molecule has 0 bridgehead atoms. The van der Waals surface area contributed by atoms with Gasteiger partial charge in [0.15, 0.2) is 0 Å². The minimum Gasteiger partial charge on any atom is -0.301 e. The average molecular weight is 349 g/mol. The number of nitrogens with zero attached hydrogens (tertiary/aromatic N) is 3. The lowest BCUT2D eigenvalue weighted by Gasteiger charge is -2.56. The van der Waals surface area contributed by atoms with Crippen molar-refractivity contribution < 1.29 is 0 Å². The topological polar surface area (TPSA) is 9.72 Å². The Morgan fingerprint density at radius 3 is 2.75 bits per heavy atom. The van der Waals surface area contributed by atoms with E-state index in [0.717, 1.165) is 0 Å². The molecule has 5 heteroatoms. The maximum absolute atomic E-state index is 2.59. The molecular formula is C11H20IN3Si. The van der Waals surface area contributed by atoms with Crippen LogP contribution in [0.1, 0.15) is 0 Å². The summed E-state index contributed by atoms with van der Waals surface area (Å²) in [6, 6.07) is 1.33. The highest BCUT2D eigenvalue weighted by Gasteiger charge is 2.50. The molecule has 2 rings (SSSR count). The van der Waals surface area contributed by atoms with Crippen molar-refractivity contribution in [3.8, 4) is 0 Å². The molecule has 3 nitrogen and oxygen atoms in total. The molecule has 1 fully saturated rings. The van der Waals surface area contributed by atoms with E-state index in [9.17, 15) is 0 Å². The monoisotopic (exact) mass is 349 g/mol. The Bertz CT molecular complexity index is 330. The van der Waals surface area contributed by atoms with Gasteiger partial charge in [0.2, 0.25) is 0 Å². The van der Waals surface area contributed by atoms with Gasteiger partial charge in [0.25, 0.3) is 0 Å². The number of hydrogen-bond acceptors (Lipinski definition) is 3. The van der Waals surface area contributed by atoms with E-state index >= 15 is 0 Å². The van der Waals surface area contributed by atoms with Crippen LogP contribution in [0.3, 0.4) is 0 Å². The maximum Gasteiger partial charge on any atom is 0.142 e. The highest BCUT2D eigenvalue weighted by molar-refractivity contribution is 14.1. The second-order valence-electron chi connectivity index (χ2n) is 4.83. The zero-order chi connectivity index (χ0) is 11.9. The summed E-state index contributed by atoms with van der Waals surface area (Å²) < 4.78 is 4.93. The lowest BCUT2D eigenvalue weighted by Crippen LogP contribution is -2.70. The van der Waals surface area contributed by atoms with Crippen LogP contribution >= 0.6 is 22.9 Å². The number of rotatable bonds is 2. The van der Waals surface area contributed by atoms with Crippen molar-refractivity contribution >= 4 is 32.5 Å². The van der Waals surface area contributed by atoms with Gasteiger partial charge in [-0.15, -0.1) is 0 Å². The van der Waals surface area contributed by atoms with Gasteiger partial charge in [-0.3, -0.25) is 4.90 Å². The first kappa shape index (κ1) is 12.8. The van der Waals surface area contributed by atoms with Crippen LogP contribution in [0.5, 0.6) is 0 Å². The molecule has 0 aromatic rings. The molecule has 0 saturated carbocycles. The minimum atomic E-state index is -0.170. The zero-order valence-corrected chi connectivity index (χ0v) is 14.0. The molecule has 1 aliphatic carbocycles. The van der Waals surface area contributed by atoms with E-state index in [-0.39, 0.29) is 15.5 Å². The summed E-state index contributed by atoms with van der Waals surface area (Å²) >= 11 is 2.43. The van der Waals surface area contributed by atoms with E-state index < -0.39 is 0 Å². The molecule has 0 aromatic heterocycles. The Morgan fingerprint density at radius 2 is 2.19 bits per heavy atom. The summed E-state index contributed by atoms with van der Waals surface area (Å²) in [4.78, 5) is 2.36. The van der Waals surface area contributed by atoms with Gasteiger partial charge >= 0.3 is 0 Å². The first-order chi connectivity index (χ1) is 7.51. The Labute approximate surface area is 115 Å². The third-order valence-corrected chi connectivity index (χ3v) is 6.49. The molecule has 2 unspecified atom stereocenters. The quantitative estimate of drug-likeness (QED) is 0.319. The van der Waals surface area contributed by atoms with E-state index in [1.165, 1.54) is 6.04 Å². The van der Waals surface area contributed by atoms with Gasteiger partial charge in [-0.05, 0) is 34.2 Å². The standard InChI is InChI=1S/C11H20IN3Si/c1-13(2)11(14(3)12)10-7-5-6-9(10)8-16-15(11)4/h5-7,10H,8,16H2,1-4H3. The van der Waals surface area contributed by atoms with E-state index in [2.05, 4.69) is 81.9 Å². The largest absolute Gasteiger partial charge is 0.301 e. The Hall–Kier alpha value is 0.307. The number of fused-ring (bicyclic) bond motifs is 1. The smallest absolute Gasteiger partial charge is 0.142 e. The van der Waals surface area contributed by atoms with Crippen molar-refractivity contribution in [2.24, 2.45) is 5.92 Å². The predicted molar refractivity (Wildman–Crippen MR) is 80.0 cm³/mol. The lowest BCUT2D eigenvalue weighted by molar-refractivity contribution is -0.0631. The molecule has 0 aromatic carbocycles. The molecule has 1 aliphatic heterocycles. The second kappa shape index (κ2) is 4.53. The van der Waals surface area contributed by atoms with Crippen LogP contribution in [0.2, 0.25) is 6.04 Å². The van der Waals surface area contributed by atoms with Crippen LogP contribution in [-0.4, -0.2) is 56.2 Å². The molecular weight excluding hydrogens is 329 g/mol. The molecule has 16 heavy (non-hydrogen) atoms. The number of allylic oxidation sites excluding steroid dienone is 2. The SMILES string of the molecule is CN(C)C1(N(C)I)C2C=CC=C2C[SiH2]N1C. The first-order valence-electron chi connectivity index (χ1n) is 5.66. The molecule has 90 valence electrons. The van der Waals surface area contributed by atoms with Crippen molar-refractivity contribution in [1.82, 2.24) is 12.6 Å². The Kier molecular flexibility index (Phi) is 3.61. The summed E-state index contributed by atoms with van der Waals surface area (Å²) in [7, 11) is 8.67. The average Bonchev–Trinajstić information content (AvgIpc) is 2.64. The number of hydrogen-bond donors (Lipinski definition) is 0. The van der Waals surface area contributed by atoms with Gasteiger partial charge in [-0.1, -0.05) is 23.8 Å². The van der Waals surface area contributed by atoms with Gasteiger partial charge < -0.3 is 4.57 Å².